The zero-order chi connectivity index (χ0) is 21.1. The molecule has 1 aromatic rings. The topological polar surface area (TPSA) is 86.8 Å². The molecular formula is C22H31N3O4S. The number of rotatable bonds is 5. The molecule has 0 aromatic heterocycles. The Labute approximate surface area is 178 Å². The molecule has 0 spiro atoms. The van der Waals surface area contributed by atoms with Gasteiger partial charge in [-0.3, -0.25) is 9.59 Å². The Morgan fingerprint density at radius 2 is 1.70 bits per heavy atom. The Morgan fingerprint density at radius 3 is 2.43 bits per heavy atom. The van der Waals surface area contributed by atoms with Crippen LogP contribution in [0, 0.1) is 0 Å². The monoisotopic (exact) mass is 433 g/mol. The fraction of sp³-hybridized carbons (Fsp3) is 0.636. The quantitative estimate of drug-likeness (QED) is 0.773. The predicted molar refractivity (Wildman–Crippen MR) is 115 cm³/mol. The highest BCUT2D eigenvalue weighted by Crippen LogP contribution is 2.31. The van der Waals surface area contributed by atoms with Gasteiger partial charge >= 0.3 is 0 Å². The van der Waals surface area contributed by atoms with Crippen LogP contribution in [0.1, 0.15) is 63.4 Å². The maximum absolute atomic E-state index is 13.0. The van der Waals surface area contributed by atoms with Gasteiger partial charge in [0.25, 0.3) is 0 Å². The molecule has 4 rings (SSSR count). The van der Waals surface area contributed by atoms with Gasteiger partial charge in [-0.2, -0.15) is 4.31 Å². The number of carbonyl (C=O) groups is 2. The summed E-state index contributed by atoms with van der Waals surface area (Å²) in [4.78, 5) is 26.9. The predicted octanol–water partition coefficient (Wildman–Crippen LogP) is 2.59. The summed E-state index contributed by atoms with van der Waals surface area (Å²) < 4.78 is 27.6. The number of nitrogens with one attached hydrogen (secondary N) is 1. The Bertz CT molecular complexity index is 903. The first-order chi connectivity index (χ1) is 14.4. The number of hydrogen-bond acceptors (Lipinski definition) is 4. The standard InChI is InChI=1S/C22H31N3O4S/c26-21(23-18-7-3-1-4-8-18)16-25-20-11-10-19(15-17(20)9-12-22(25)27)30(28,29)24-13-5-2-6-14-24/h10-11,15,18H,1-9,12-14,16H2,(H,23,26). The van der Waals surface area contributed by atoms with Gasteiger partial charge in [0.15, 0.2) is 0 Å². The molecule has 0 atom stereocenters. The number of aryl methyl sites for hydroxylation is 1. The number of carbonyl (C=O) groups excluding carboxylic acids is 2. The number of benzene rings is 1. The van der Waals surface area contributed by atoms with Gasteiger partial charge in [0.2, 0.25) is 21.8 Å². The molecule has 2 aliphatic heterocycles. The highest BCUT2D eigenvalue weighted by molar-refractivity contribution is 7.89. The van der Waals surface area contributed by atoms with E-state index in [9.17, 15) is 18.0 Å². The molecule has 2 fully saturated rings. The Kier molecular flexibility index (Phi) is 6.43. The normalized spacial score (nSPS) is 21.3. The summed E-state index contributed by atoms with van der Waals surface area (Å²) in [7, 11) is -3.52. The molecule has 1 saturated carbocycles. The molecule has 1 aromatic carbocycles. The van der Waals surface area contributed by atoms with E-state index in [0.717, 1.165) is 50.5 Å². The van der Waals surface area contributed by atoms with Gasteiger partial charge in [0.05, 0.1) is 4.90 Å². The van der Waals surface area contributed by atoms with E-state index < -0.39 is 10.0 Å². The molecule has 1 saturated heterocycles. The van der Waals surface area contributed by atoms with Gasteiger partial charge in [-0.05, 0) is 55.9 Å². The van der Waals surface area contributed by atoms with Crippen LogP contribution < -0.4 is 10.2 Å². The molecule has 0 unspecified atom stereocenters. The fourth-order valence-electron chi connectivity index (χ4n) is 4.79. The van der Waals surface area contributed by atoms with Crippen molar-refractivity contribution in [1.29, 1.82) is 0 Å². The Hall–Kier alpha value is -1.93. The molecule has 0 bridgehead atoms. The van der Waals surface area contributed by atoms with Gasteiger partial charge in [-0.15, -0.1) is 0 Å². The lowest BCUT2D eigenvalue weighted by Crippen LogP contribution is -2.46. The minimum atomic E-state index is -3.52. The maximum Gasteiger partial charge on any atom is 0.243 e. The third-order valence-electron chi connectivity index (χ3n) is 6.48. The SMILES string of the molecule is O=C(CN1C(=O)CCc2cc(S(=O)(=O)N3CCCCC3)ccc21)NC1CCCCC1. The van der Waals surface area contributed by atoms with Crippen LogP contribution >= 0.6 is 0 Å². The van der Waals surface area contributed by atoms with Crippen molar-refractivity contribution in [3.8, 4) is 0 Å². The number of nitrogens with zero attached hydrogens (tertiary/aromatic N) is 2. The van der Waals surface area contributed by atoms with Gasteiger partial charge in [-0.25, -0.2) is 8.42 Å². The van der Waals surface area contributed by atoms with Crippen molar-refractivity contribution in [2.24, 2.45) is 0 Å². The van der Waals surface area contributed by atoms with Crippen molar-refractivity contribution in [3.63, 3.8) is 0 Å². The Morgan fingerprint density at radius 1 is 1.00 bits per heavy atom. The molecule has 3 aliphatic rings. The van der Waals surface area contributed by atoms with E-state index >= 15 is 0 Å². The van der Waals surface area contributed by atoms with Crippen molar-refractivity contribution >= 4 is 27.5 Å². The van der Waals surface area contributed by atoms with E-state index in [-0.39, 0.29) is 35.7 Å². The summed E-state index contributed by atoms with van der Waals surface area (Å²) in [5, 5.41) is 3.06. The average molecular weight is 434 g/mol. The highest BCUT2D eigenvalue weighted by Gasteiger charge is 2.30. The molecular weight excluding hydrogens is 402 g/mol. The van der Waals surface area contributed by atoms with Crippen molar-refractivity contribution in [1.82, 2.24) is 9.62 Å². The van der Waals surface area contributed by atoms with Gasteiger partial charge in [0, 0.05) is 31.2 Å². The zero-order valence-corrected chi connectivity index (χ0v) is 18.3. The lowest BCUT2D eigenvalue weighted by molar-refractivity contribution is -0.124. The largest absolute Gasteiger partial charge is 0.352 e. The number of hydrogen-bond donors (Lipinski definition) is 1. The van der Waals surface area contributed by atoms with E-state index in [1.54, 1.807) is 22.5 Å². The number of amides is 2. The van der Waals surface area contributed by atoms with E-state index in [4.69, 9.17) is 0 Å². The lowest BCUT2D eigenvalue weighted by Gasteiger charge is -2.31. The molecule has 164 valence electrons. The maximum atomic E-state index is 13.0. The second-order valence-electron chi connectivity index (χ2n) is 8.64. The number of sulfonamides is 1. The number of anilines is 1. The molecule has 2 heterocycles. The lowest BCUT2D eigenvalue weighted by atomic mass is 9.95. The number of piperidine rings is 1. The van der Waals surface area contributed by atoms with E-state index in [0.29, 0.717) is 25.2 Å². The van der Waals surface area contributed by atoms with E-state index in [2.05, 4.69) is 5.32 Å². The zero-order valence-electron chi connectivity index (χ0n) is 17.4. The smallest absolute Gasteiger partial charge is 0.243 e. The summed E-state index contributed by atoms with van der Waals surface area (Å²) in [6, 6.07) is 5.16. The van der Waals surface area contributed by atoms with Crippen LogP contribution in [0.15, 0.2) is 23.1 Å². The molecule has 1 N–H and O–H groups in total. The minimum Gasteiger partial charge on any atom is -0.352 e. The molecule has 8 heteroatoms. The first-order valence-electron chi connectivity index (χ1n) is 11.2. The molecule has 7 nitrogen and oxygen atoms in total. The summed E-state index contributed by atoms with van der Waals surface area (Å²) in [6.07, 6.45) is 9.10. The van der Waals surface area contributed by atoms with E-state index in [1.807, 2.05) is 0 Å². The third-order valence-corrected chi connectivity index (χ3v) is 8.37. The fourth-order valence-corrected chi connectivity index (χ4v) is 6.36. The highest BCUT2D eigenvalue weighted by atomic mass is 32.2. The van der Waals surface area contributed by atoms with Crippen LogP contribution in [0.2, 0.25) is 0 Å². The van der Waals surface area contributed by atoms with Gasteiger partial charge < -0.3 is 10.2 Å². The van der Waals surface area contributed by atoms with Crippen molar-refractivity contribution in [2.75, 3.05) is 24.5 Å². The minimum absolute atomic E-state index is 0.0133. The number of fused-ring (bicyclic) bond motifs is 1. The summed E-state index contributed by atoms with van der Waals surface area (Å²) in [6.45, 7) is 1.11. The van der Waals surface area contributed by atoms with Crippen LogP contribution in [-0.4, -0.2) is 50.2 Å². The second kappa shape index (κ2) is 9.06. The molecule has 30 heavy (non-hydrogen) atoms. The van der Waals surface area contributed by atoms with Crippen LogP contribution in [0.3, 0.4) is 0 Å². The van der Waals surface area contributed by atoms with Crippen LogP contribution in [0.5, 0.6) is 0 Å². The first kappa shape index (κ1) is 21.3. The average Bonchev–Trinajstić information content (AvgIpc) is 2.76. The molecule has 1 aliphatic carbocycles. The summed E-state index contributed by atoms with van der Waals surface area (Å²) >= 11 is 0. The van der Waals surface area contributed by atoms with Crippen molar-refractivity contribution < 1.29 is 18.0 Å². The second-order valence-corrected chi connectivity index (χ2v) is 10.6. The summed E-state index contributed by atoms with van der Waals surface area (Å²) in [5.41, 5.74) is 1.47. The van der Waals surface area contributed by atoms with Crippen molar-refractivity contribution in [2.45, 2.75) is 75.1 Å². The van der Waals surface area contributed by atoms with Crippen LogP contribution in [0.4, 0.5) is 5.69 Å². The molecule has 0 radical (unpaired) electrons. The summed E-state index contributed by atoms with van der Waals surface area (Å²) in [5.74, 6) is -0.235. The first-order valence-corrected chi connectivity index (χ1v) is 12.6. The van der Waals surface area contributed by atoms with Gasteiger partial charge in [0.1, 0.15) is 6.54 Å². The van der Waals surface area contributed by atoms with Crippen molar-refractivity contribution in [3.05, 3.63) is 23.8 Å². The van der Waals surface area contributed by atoms with E-state index in [1.165, 1.54) is 11.3 Å². The van der Waals surface area contributed by atoms with Crippen LogP contribution in [-0.2, 0) is 26.0 Å². The van der Waals surface area contributed by atoms with Gasteiger partial charge in [-0.1, -0.05) is 25.7 Å². The third kappa shape index (κ3) is 4.54. The Balaban J connectivity index is 1.50. The van der Waals surface area contributed by atoms with Crippen LogP contribution in [0.25, 0.3) is 0 Å². The molecule has 2 amide bonds.